The Hall–Kier alpha value is -1.77. The Kier molecular flexibility index (Phi) is 5.61. The molecule has 1 aromatic heterocycles. The van der Waals surface area contributed by atoms with Crippen LogP contribution in [0.5, 0.6) is 0 Å². The van der Waals surface area contributed by atoms with Crippen LogP contribution in [0.3, 0.4) is 0 Å². The number of aryl methyl sites for hydroxylation is 1. The molecule has 0 radical (unpaired) electrons. The third-order valence-electron chi connectivity index (χ3n) is 2.37. The normalized spacial score (nSPS) is 11.9. The Labute approximate surface area is 113 Å². The molecule has 0 bridgehead atoms. The summed E-state index contributed by atoms with van der Waals surface area (Å²) in [5, 5.41) is 16.6. The highest BCUT2D eigenvalue weighted by molar-refractivity contribution is 7.84. The zero-order chi connectivity index (χ0) is 14.4. The van der Waals surface area contributed by atoms with Crippen LogP contribution >= 0.6 is 0 Å². The van der Waals surface area contributed by atoms with Crippen molar-refractivity contribution < 1.29 is 9.13 Å². The number of aromatic nitrogens is 2. The lowest BCUT2D eigenvalue weighted by Crippen LogP contribution is -2.12. The van der Waals surface area contributed by atoms with Crippen molar-refractivity contribution in [3.8, 4) is 0 Å². The van der Waals surface area contributed by atoms with E-state index in [1.807, 2.05) is 0 Å². The molecule has 0 amide bonds. The number of nitro groups is 1. The maximum Gasteiger partial charge on any atom is 0.332 e. The molecule has 1 unspecified atom stereocenters. The molecular formula is C10H17N5O3S. The Balaban J connectivity index is 2.87. The fourth-order valence-corrected chi connectivity index (χ4v) is 2.05. The molecule has 0 aliphatic rings. The molecule has 1 heterocycles. The lowest BCUT2D eigenvalue weighted by atomic mass is 10.3. The number of nitrogens with one attached hydrogen (secondary N) is 2. The standard InChI is InChI=1S/C10H17N5O3S/c1-7-8(15(16)17)9(14-10(11-2)13-7)12-5-4-6-19(3)18/h4-6H2,1-3H3,(H2,11,12,13,14). The van der Waals surface area contributed by atoms with Crippen LogP contribution in [0, 0.1) is 17.0 Å². The quantitative estimate of drug-likeness (QED) is 0.436. The number of hydrogen-bond acceptors (Lipinski definition) is 7. The van der Waals surface area contributed by atoms with E-state index in [2.05, 4.69) is 20.6 Å². The summed E-state index contributed by atoms with van der Waals surface area (Å²) in [4.78, 5) is 18.5. The van der Waals surface area contributed by atoms with Crippen LogP contribution < -0.4 is 10.6 Å². The van der Waals surface area contributed by atoms with Crippen molar-refractivity contribution >= 4 is 28.3 Å². The van der Waals surface area contributed by atoms with Gasteiger partial charge in [0.2, 0.25) is 11.8 Å². The second-order valence-electron chi connectivity index (χ2n) is 3.89. The molecule has 0 aromatic carbocycles. The topological polar surface area (TPSA) is 110 Å². The zero-order valence-corrected chi connectivity index (χ0v) is 11.9. The number of hydrogen-bond donors (Lipinski definition) is 2. The second kappa shape index (κ2) is 6.98. The summed E-state index contributed by atoms with van der Waals surface area (Å²) in [5.74, 6) is 1.05. The van der Waals surface area contributed by atoms with Gasteiger partial charge in [0.25, 0.3) is 0 Å². The van der Waals surface area contributed by atoms with Crippen LogP contribution in [0.15, 0.2) is 0 Å². The van der Waals surface area contributed by atoms with Crippen LogP contribution in [0.2, 0.25) is 0 Å². The monoisotopic (exact) mass is 287 g/mol. The molecule has 0 aliphatic heterocycles. The van der Waals surface area contributed by atoms with E-state index in [1.54, 1.807) is 20.2 Å². The molecular weight excluding hydrogens is 270 g/mol. The van der Waals surface area contributed by atoms with Gasteiger partial charge in [0.15, 0.2) is 0 Å². The van der Waals surface area contributed by atoms with E-state index in [9.17, 15) is 14.3 Å². The van der Waals surface area contributed by atoms with Crippen molar-refractivity contribution in [2.24, 2.45) is 0 Å². The summed E-state index contributed by atoms with van der Waals surface area (Å²) < 4.78 is 10.9. The minimum absolute atomic E-state index is 0.128. The predicted molar refractivity (Wildman–Crippen MR) is 75.0 cm³/mol. The first-order valence-electron chi connectivity index (χ1n) is 5.70. The summed E-state index contributed by atoms with van der Waals surface area (Å²) in [6.45, 7) is 2.03. The van der Waals surface area contributed by atoms with Crippen LogP contribution in [0.1, 0.15) is 12.1 Å². The van der Waals surface area contributed by atoms with Crippen molar-refractivity contribution in [1.82, 2.24) is 9.97 Å². The van der Waals surface area contributed by atoms with Crippen molar-refractivity contribution in [2.75, 3.05) is 36.2 Å². The fraction of sp³-hybridized carbons (Fsp3) is 0.600. The molecule has 0 fully saturated rings. The lowest BCUT2D eigenvalue weighted by molar-refractivity contribution is -0.385. The molecule has 106 valence electrons. The van der Waals surface area contributed by atoms with Crippen LogP contribution in [0.4, 0.5) is 17.5 Å². The van der Waals surface area contributed by atoms with Gasteiger partial charge in [-0.2, -0.15) is 4.98 Å². The minimum Gasteiger partial charge on any atom is -0.364 e. The maximum absolute atomic E-state index is 11.0. The Morgan fingerprint density at radius 1 is 1.42 bits per heavy atom. The summed E-state index contributed by atoms with van der Waals surface area (Å²) in [6.07, 6.45) is 2.27. The third kappa shape index (κ3) is 4.43. The lowest BCUT2D eigenvalue weighted by Gasteiger charge is -2.09. The SMILES string of the molecule is CNc1nc(C)c([N+](=O)[O-])c(NCCCS(C)=O)n1. The number of anilines is 2. The van der Waals surface area contributed by atoms with Gasteiger partial charge in [-0.1, -0.05) is 0 Å². The van der Waals surface area contributed by atoms with Gasteiger partial charge >= 0.3 is 5.69 Å². The smallest absolute Gasteiger partial charge is 0.332 e. The molecule has 0 spiro atoms. The van der Waals surface area contributed by atoms with Gasteiger partial charge in [0, 0.05) is 36.4 Å². The molecule has 1 rings (SSSR count). The van der Waals surface area contributed by atoms with E-state index < -0.39 is 15.7 Å². The van der Waals surface area contributed by atoms with E-state index in [-0.39, 0.29) is 11.5 Å². The van der Waals surface area contributed by atoms with E-state index >= 15 is 0 Å². The summed E-state index contributed by atoms with van der Waals surface area (Å²) in [5.41, 5.74) is 0.169. The Bertz CT molecular complexity index is 494. The van der Waals surface area contributed by atoms with Gasteiger partial charge in [-0.3, -0.25) is 14.3 Å². The third-order valence-corrected chi connectivity index (χ3v) is 3.23. The number of rotatable bonds is 7. The summed E-state index contributed by atoms with van der Waals surface area (Å²) >= 11 is 0. The van der Waals surface area contributed by atoms with Gasteiger partial charge in [-0.15, -0.1) is 0 Å². The molecule has 2 N–H and O–H groups in total. The van der Waals surface area contributed by atoms with E-state index in [0.717, 1.165) is 0 Å². The molecule has 1 aromatic rings. The highest BCUT2D eigenvalue weighted by Crippen LogP contribution is 2.26. The first-order chi connectivity index (χ1) is 8.95. The highest BCUT2D eigenvalue weighted by Gasteiger charge is 2.21. The van der Waals surface area contributed by atoms with Gasteiger partial charge in [0.1, 0.15) is 5.69 Å². The first kappa shape index (κ1) is 15.3. The van der Waals surface area contributed by atoms with Crippen LogP contribution in [0.25, 0.3) is 0 Å². The van der Waals surface area contributed by atoms with Gasteiger partial charge in [-0.05, 0) is 13.3 Å². The highest BCUT2D eigenvalue weighted by atomic mass is 32.2. The maximum atomic E-state index is 11.0. The average molecular weight is 287 g/mol. The predicted octanol–water partition coefficient (Wildman–Crippen LogP) is 0.915. The minimum atomic E-state index is -0.867. The van der Waals surface area contributed by atoms with Crippen LogP contribution in [-0.2, 0) is 10.8 Å². The van der Waals surface area contributed by atoms with E-state index in [0.29, 0.717) is 30.4 Å². The van der Waals surface area contributed by atoms with Crippen molar-refractivity contribution in [1.29, 1.82) is 0 Å². The molecule has 9 heteroatoms. The molecule has 19 heavy (non-hydrogen) atoms. The van der Waals surface area contributed by atoms with Crippen molar-refractivity contribution in [3.63, 3.8) is 0 Å². The molecule has 0 saturated heterocycles. The largest absolute Gasteiger partial charge is 0.364 e. The average Bonchev–Trinajstić information content (AvgIpc) is 2.33. The molecule has 0 aliphatic carbocycles. The van der Waals surface area contributed by atoms with Gasteiger partial charge < -0.3 is 10.6 Å². The van der Waals surface area contributed by atoms with Crippen molar-refractivity contribution in [3.05, 3.63) is 15.8 Å². The fourth-order valence-electron chi connectivity index (χ4n) is 1.50. The number of nitrogens with zero attached hydrogens (tertiary/aromatic N) is 3. The first-order valence-corrected chi connectivity index (χ1v) is 7.43. The summed E-state index contributed by atoms with van der Waals surface area (Å²) in [7, 11) is 0.777. The second-order valence-corrected chi connectivity index (χ2v) is 5.45. The van der Waals surface area contributed by atoms with E-state index in [1.165, 1.54) is 0 Å². The Morgan fingerprint density at radius 2 is 2.11 bits per heavy atom. The van der Waals surface area contributed by atoms with E-state index in [4.69, 9.17) is 0 Å². The van der Waals surface area contributed by atoms with Crippen LogP contribution in [-0.4, -0.2) is 44.7 Å². The van der Waals surface area contributed by atoms with Gasteiger partial charge in [0.05, 0.1) is 4.92 Å². The molecule has 1 atom stereocenters. The summed E-state index contributed by atoms with van der Waals surface area (Å²) in [6, 6.07) is 0. The zero-order valence-electron chi connectivity index (χ0n) is 11.1. The van der Waals surface area contributed by atoms with Gasteiger partial charge in [-0.25, -0.2) is 4.98 Å². The Morgan fingerprint density at radius 3 is 2.63 bits per heavy atom. The van der Waals surface area contributed by atoms with Crippen molar-refractivity contribution in [2.45, 2.75) is 13.3 Å². The molecule has 8 nitrogen and oxygen atoms in total. The molecule has 0 saturated carbocycles.